The van der Waals surface area contributed by atoms with Gasteiger partial charge in [-0.05, 0) is 42.8 Å². The Morgan fingerprint density at radius 2 is 1.79 bits per heavy atom. The monoisotopic (exact) mass is 392 g/mol. The molecular weight excluding hydrogens is 370 g/mol. The number of nitrogens with zero attached hydrogens (tertiary/aromatic N) is 1. The quantitative estimate of drug-likeness (QED) is 0.652. The predicted molar refractivity (Wildman–Crippen MR) is 101 cm³/mol. The number of hydrogen-bond acceptors (Lipinski definition) is 5. The van der Waals surface area contributed by atoms with E-state index in [9.17, 15) is 18.4 Å². The minimum atomic E-state index is -2.88. The molecular formula is C20H22F2N2O4. The first-order chi connectivity index (χ1) is 13.4. The number of para-hydroxylation sites is 1. The molecule has 1 amide bonds. The third-order valence-corrected chi connectivity index (χ3v) is 3.96. The van der Waals surface area contributed by atoms with Gasteiger partial charge in [-0.25, -0.2) is 0 Å². The summed E-state index contributed by atoms with van der Waals surface area (Å²) in [6.07, 6.45) is 0.733. The Morgan fingerprint density at radius 3 is 2.43 bits per heavy atom. The Labute approximate surface area is 162 Å². The van der Waals surface area contributed by atoms with Crippen LogP contribution >= 0.6 is 0 Å². The zero-order valence-electron chi connectivity index (χ0n) is 15.7. The number of rotatable bonds is 9. The van der Waals surface area contributed by atoms with E-state index >= 15 is 0 Å². The molecule has 0 unspecified atom stereocenters. The Bertz CT molecular complexity index is 797. The van der Waals surface area contributed by atoms with Gasteiger partial charge < -0.3 is 19.7 Å². The van der Waals surface area contributed by atoms with E-state index in [0.717, 1.165) is 0 Å². The van der Waals surface area contributed by atoms with E-state index in [4.69, 9.17) is 0 Å². The molecule has 1 N–H and O–H groups in total. The summed E-state index contributed by atoms with van der Waals surface area (Å²) in [7, 11) is 2.98. The van der Waals surface area contributed by atoms with Crippen LogP contribution in [0.1, 0.15) is 23.2 Å². The summed E-state index contributed by atoms with van der Waals surface area (Å²) in [6, 6.07) is 13.0. The van der Waals surface area contributed by atoms with Crippen molar-refractivity contribution in [3.63, 3.8) is 0 Å². The van der Waals surface area contributed by atoms with Crippen molar-refractivity contribution in [3.8, 4) is 5.75 Å². The van der Waals surface area contributed by atoms with Gasteiger partial charge in [0, 0.05) is 25.7 Å². The fourth-order valence-corrected chi connectivity index (χ4v) is 2.52. The summed E-state index contributed by atoms with van der Waals surface area (Å²) in [5, 5.41) is 3.11. The van der Waals surface area contributed by atoms with Crippen molar-refractivity contribution >= 4 is 23.3 Å². The maximum Gasteiger partial charge on any atom is 0.387 e. The summed E-state index contributed by atoms with van der Waals surface area (Å²) in [5.74, 6) is -0.469. The normalized spacial score (nSPS) is 10.5. The van der Waals surface area contributed by atoms with Crippen LogP contribution < -0.4 is 10.1 Å². The summed E-state index contributed by atoms with van der Waals surface area (Å²) in [4.78, 5) is 25.5. The van der Waals surface area contributed by atoms with E-state index in [-0.39, 0.29) is 24.0 Å². The van der Waals surface area contributed by atoms with Crippen LogP contribution in [0.3, 0.4) is 0 Å². The molecule has 0 heterocycles. The second-order valence-corrected chi connectivity index (χ2v) is 5.98. The number of esters is 1. The number of amides is 1. The van der Waals surface area contributed by atoms with Gasteiger partial charge in [-0.2, -0.15) is 8.78 Å². The van der Waals surface area contributed by atoms with Crippen molar-refractivity contribution in [1.29, 1.82) is 0 Å². The molecule has 28 heavy (non-hydrogen) atoms. The molecule has 0 aliphatic carbocycles. The molecule has 0 spiro atoms. The van der Waals surface area contributed by atoms with Crippen LogP contribution in [0.2, 0.25) is 0 Å². The molecule has 0 saturated heterocycles. The van der Waals surface area contributed by atoms with Gasteiger partial charge in [0.1, 0.15) is 5.75 Å². The average molecular weight is 392 g/mol. The van der Waals surface area contributed by atoms with Crippen molar-refractivity contribution in [2.75, 3.05) is 26.0 Å². The fraction of sp³-hybridized carbons (Fsp3) is 0.300. The van der Waals surface area contributed by atoms with Crippen molar-refractivity contribution in [1.82, 2.24) is 4.90 Å². The molecule has 8 heteroatoms. The topological polar surface area (TPSA) is 67.9 Å². The van der Waals surface area contributed by atoms with Gasteiger partial charge in [0.05, 0.1) is 18.4 Å². The minimum Gasteiger partial charge on any atom is -0.469 e. The molecule has 0 aliphatic heterocycles. The van der Waals surface area contributed by atoms with Crippen LogP contribution in [0.25, 0.3) is 0 Å². The van der Waals surface area contributed by atoms with Gasteiger partial charge in [-0.15, -0.1) is 0 Å². The standard InChI is InChI=1S/C20H22F2N2O4/c1-24(13-5-8-18(25)27-2)19(26)16-6-3-4-7-17(16)23-14-9-11-15(12-10-14)28-20(21)22/h3-4,6-7,9-12,20,23H,5,8,13H2,1-2H3. The second kappa shape index (κ2) is 10.2. The molecule has 0 aromatic heterocycles. The smallest absolute Gasteiger partial charge is 0.387 e. The Morgan fingerprint density at radius 1 is 1.11 bits per heavy atom. The lowest BCUT2D eigenvalue weighted by atomic mass is 10.1. The Kier molecular flexibility index (Phi) is 7.74. The lowest BCUT2D eigenvalue weighted by molar-refractivity contribution is -0.140. The highest BCUT2D eigenvalue weighted by Gasteiger charge is 2.16. The lowest BCUT2D eigenvalue weighted by Crippen LogP contribution is -2.28. The maximum atomic E-state index is 12.7. The molecule has 0 fully saturated rings. The molecule has 2 aromatic rings. The number of carbonyl (C=O) groups is 2. The number of anilines is 2. The largest absolute Gasteiger partial charge is 0.469 e. The number of alkyl halides is 2. The Balaban J connectivity index is 2.05. The van der Waals surface area contributed by atoms with Crippen LogP contribution in [0.15, 0.2) is 48.5 Å². The number of halogens is 2. The van der Waals surface area contributed by atoms with Crippen molar-refractivity contribution in [3.05, 3.63) is 54.1 Å². The molecule has 2 aromatic carbocycles. The number of benzene rings is 2. The van der Waals surface area contributed by atoms with Crippen molar-refractivity contribution in [2.24, 2.45) is 0 Å². The summed E-state index contributed by atoms with van der Waals surface area (Å²) in [6.45, 7) is -2.48. The first-order valence-corrected chi connectivity index (χ1v) is 8.64. The highest BCUT2D eigenvalue weighted by molar-refractivity contribution is 6.00. The van der Waals surface area contributed by atoms with Gasteiger partial charge in [0.25, 0.3) is 5.91 Å². The Hall–Kier alpha value is -3.16. The van der Waals surface area contributed by atoms with Gasteiger partial charge in [-0.3, -0.25) is 9.59 Å². The van der Waals surface area contributed by atoms with Crippen LogP contribution in [-0.2, 0) is 9.53 Å². The van der Waals surface area contributed by atoms with Crippen LogP contribution in [0.5, 0.6) is 5.75 Å². The number of carbonyl (C=O) groups excluding carboxylic acids is 2. The van der Waals surface area contributed by atoms with Gasteiger partial charge in [0.15, 0.2) is 0 Å². The van der Waals surface area contributed by atoms with E-state index in [1.807, 2.05) is 0 Å². The van der Waals surface area contributed by atoms with E-state index < -0.39 is 6.61 Å². The molecule has 0 atom stereocenters. The molecule has 0 saturated carbocycles. The van der Waals surface area contributed by atoms with E-state index in [1.165, 1.54) is 24.1 Å². The number of nitrogens with one attached hydrogen (secondary N) is 1. The maximum absolute atomic E-state index is 12.7. The molecule has 6 nitrogen and oxygen atoms in total. The minimum absolute atomic E-state index is 0.0512. The van der Waals surface area contributed by atoms with Crippen LogP contribution in [-0.4, -0.2) is 44.1 Å². The summed E-state index contributed by atoms with van der Waals surface area (Å²) in [5.41, 5.74) is 1.65. The molecule has 150 valence electrons. The summed E-state index contributed by atoms with van der Waals surface area (Å²) >= 11 is 0. The number of hydrogen-bond donors (Lipinski definition) is 1. The third kappa shape index (κ3) is 6.22. The predicted octanol–water partition coefficient (Wildman–Crippen LogP) is 4.06. The van der Waals surface area contributed by atoms with Crippen LogP contribution in [0.4, 0.5) is 20.2 Å². The average Bonchev–Trinajstić information content (AvgIpc) is 2.68. The summed E-state index contributed by atoms with van der Waals surface area (Å²) < 4.78 is 33.4. The third-order valence-electron chi connectivity index (χ3n) is 3.96. The zero-order chi connectivity index (χ0) is 20.5. The van der Waals surface area contributed by atoms with E-state index in [1.54, 1.807) is 43.4 Å². The zero-order valence-corrected chi connectivity index (χ0v) is 15.7. The lowest BCUT2D eigenvalue weighted by Gasteiger charge is -2.19. The first-order valence-electron chi connectivity index (χ1n) is 8.64. The molecule has 0 aliphatic rings. The molecule has 2 rings (SSSR count). The highest BCUT2D eigenvalue weighted by Crippen LogP contribution is 2.24. The SMILES string of the molecule is COC(=O)CCCN(C)C(=O)c1ccccc1Nc1ccc(OC(F)F)cc1. The number of ether oxygens (including phenoxy) is 2. The van der Waals surface area contributed by atoms with Gasteiger partial charge >= 0.3 is 12.6 Å². The van der Waals surface area contributed by atoms with Crippen LogP contribution in [0, 0.1) is 0 Å². The molecule has 0 radical (unpaired) electrons. The second-order valence-electron chi connectivity index (χ2n) is 5.98. The van der Waals surface area contributed by atoms with E-state index in [2.05, 4.69) is 14.8 Å². The number of methoxy groups -OCH3 is 1. The fourth-order valence-electron chi connectivity index (χ4n) is 2.52. The highest BCUT2D eigenvalue weighted by atomic mass is 19.3. The first kappa shape index (κ1) is 21.1. The van der Waals surface area contributed by atoms with Gasteiger partial charge in [0.2, 0.25) is 0 Å². The van der Waals surface area contributed by atoms with Crippen molar-refractivity contribution in [2.45, 2.75) is 19.5 Å². The van der Waals surface area contributed by atoms with Crippen molar-refractivity contribution < 1.29 is 27.8 Å². The molecule has 0 bridgehead atoms. The van der Waals surface area contributed by atoms with E-state index in [0.29, 0.717) is 29.9 Å². The van der Waals surface area contributed by atoms with Gasteiger partial charge in [-0.1, -0.05) is 12.1 Å².